The SMILES string of the molecule is CC(C)(C)C=Cc1ccc(C(=O)NCc2ccccc2)cc1. The second-order valence-electron chi connectivity index (χ2n) is 6.49. The third-order valence-electron chi connectivity index (χ3n) is 3.24. The lowest BCUT2D eigenvalue weighted by molar-refractivity contribution is 0.0951. The van der Waals surface area contributed by atoms with E-state index in [1.807, 2.05) is 54.6 Å². The van der Waals surface area contributed by atoms with Crippen LogP contribution in [0, 0.1) is 5.41 Å². The summed E-state index contributed by atoms with van der Waals surface area (Å²) < 4.78 is 0. The van der Waals surface area contributed by atoms with Crippen molar-refractivity contribution in [3.63, 3.8) is 0 Å². The minimum absolute atomic E-state index is 0.0461. The van der Waals surface area contributed by atoms with Crippen LogP contribution in [0.5, 0.6) is 0 Å². The lowest BCUT2D eigenvalue weighted by Crippen LogP contribution is -2.22. The van der Waals surface area contributed by atoms with Gasteiger partial charge >= 0.3 is 0 Å². The van der Waals surface area contributed by atoms with Gasteiger partial charge in [0.05, 0.1) is 0 Å². The highest BCUT2D eigenvalue weighted by molar-refractivity contribution is 5.94. The predicted molar refractivity (Wildman–Crippen MR) is 92.5 cm³/mol. The fourth-order valence-electron chi connectivity index (χ4n) is 1.97. The summed E-state index contributed by atoms with van der Waals surface area (Å²) in [6.45, 7) is 7.03. The van der Waals surface area contributed by atoms with E-state index in [9.17, 15) is 4.79 Å². The minimum atomic E-state index is -0.0461. The molecule has 1 amide bonds. The van der Waals surface area contributed by atoms with Gasteiger partial charge in [0.1, 0.15) is 0 Å². The Bertz CT molecular complexity index is 634. The van der Waals surface area contributed by atoms with E-state index in [2.05, 4.69) is 38.2 Å². The largest absolute Gasteiger partial charge is 0.348 e. The zero-order valence-electron chi connectivity index (χ0n) is 13.5. The average molecular weight is 293 g/mol. The van der Waals surface area contributed by atoms with Gasteiger partial charge in [0.15, 0.2) is 0 Å². The first-order chi connectivity index (χ1) is 10.4. The molecule has 0 fully saturated rings. The van der Waals surface area contributed by atoms with Crippen LogP contribution in [0.2, 0.25) is 0 Å². The van der Waals surface area contributed by atoms with Crippen LogP contribution >= 0.6 is 0 Å². The van der Waals surface area contributed by atoms with Crippen LogP contribution in [0.4, 0.5) is 0 Å². The van der Waals surface area contributed by atoms with Crippen LogP contribution < -0.4 is 5.32 Å². The Kier molecular flexibility index (Phi) is 5.16. The molecule has 2 rings (SSSR count). The fourth-order valence-corrected chi connectivity index (χ4v) is 1.97. The monoisotopic (exact) mass is 293 g/mol. The number of hydrogen-bond donors (Lipinski definition) is 1. The van der Waals surface area contributed by atoms with Gasteiger partial charge in [-0.1, -0.05) is 75.4 Å². The molecule has 114 valence electrons. The molecule has 2 aromatic carbocycles. The molecule has 0 heterocycles. The van der Waals surface area contributed by atoms with Gasteiger partial charge in [-0.05, 0) is 28.7 Å². The van der Waals surface area contributed by atoms with Gasteiger partial charge in [0.25, 0.3) is 5.91 Å². The number of benzene rings is 2. The molecule has 0 aliphatic heterocycles. The number of hydrogen-bond acceptors (Lipinski definition) is 1. The Morgan fingerprint density at radius 1 is 1.00 bits per heavy atom. The molecule has 0 aromatic heterocycles. The molecule has 0 bridgehead atoms. The molecule has 0 spiro atoms. The molecule has 0 aliphatic carbocycles. The van der Waals surface area contributed by atoms with E-state index in [4.69, 9.17) is 0 Å². The number of carbonyl (C=O) groups is 1. The highest BCUT2D eigenvalue weighted by atomic mass is 16.1. The number of carbonyl (C=O) groups excluding carboxylic acids is 1. The Hall–Kier alpha value is -2.35. The van der Waals surface area contributed by atoms with Gasteiger partial charge in [-0.25, -0.2) is 0 Å². The Labute approximate surface area is 132 Å². The molecule has 0 aliphatic rings. The Morgan fingerprint density at radius 2 is 1.64 bits per heavy atom. The molecular formula is C20H23NO. The Balaban J connectivity index is 1.95. The molecular weight excluding hydrogens is 270 g/mol. The van der Waals surface area contributed by atoms with Crippen molar-refractivity contribution in [1.82, 2.24) is 5.32 Å². The van der Waals surface area contributed by atoms with Crippen LogP contribution in [0.25, 0.3) is 6.08 Å². The topological polar surface area (TPSA) is 29.1 Å². The van der Waals surface area contributed by atoms with Gasteiger partial charge in [0, 0.05) is 12.1 Å². The van der Waals surface area contributed by atoms with E-state index in [1.165, 1.54) is 0 Å². The van der Waals surface area contributed by atoms with Crippen molar-refractivity contribution < 1.29 is 4.79 Å². The van der Waals surface area contributed by atoms with E-state index in [1.54, 1.807) is 0 Å². The summed E-state index contributed by atoms with van der Waals surface area (Å²) in [6, 6.07) is 17.6. The zero-order valence-corrected chi connectivity index (χ0v) is 13.5. The molecule has 2 nitrogen and oxygen atoms in total. The predicted octanol–water partition coefficient (Wildman–Crippen LogP) is 4.68. The zero-order chi connectivity index (χ0) is 16.0. The summed E-state index contributed by atoms with van der Waals surface area (Å²) in [6.07, 6.45) is 4.25. The van der Waals surface area contributed by atoms with Crippen molar-refractivity contribution in [3.05, 3.63) is 77.4 Å². The van der Waals surface area contributed by atoms with E-state index in [0.717, 1.165) is 11.1 Å². The van der Waals surface area contributed by atoms with Gasteiger partial charge in [-0.15, -0.1) is 0 Å². The van der Waals surface area contributed by atoms with Crippen molar-refractivity contribution >= 4 is 12.0 Å². The van der Waals surface area contributed by atoms with E-state index >= 15 is 0 Å². The summed E-state index contributed by atoms with van der Waals surface area (Å²) in [4.78, 5) is 12.1. The number of rotatable bonds is 4. The number of nitrogens with one attached hydrogen (secondary N) is 1. The second-order valence-corrected chi connectivity index (χ2v) is 6.49. The van der Waals surface area contributed by atoms with E-state index in [0.29, 0.717) is 12.1 Å². The molecule has 2 heteroatoms. The van der Waals surface area contributed by atoms with Crippen LogP contribution in [0.3, 0.4) is 0 Å². The minimum Gasteiger partial charge on any atom is -0.348 e. The van der Waals surface area contributed by atoms with E-state index < -0.39 is 0 Å². The summed E-state index contributed by atoms with van der Waals surface area (Å²) in [7, 11) is 0. The van der Waals surface area contributed by atoms with Crippen molar-refractivity contribution in [3.8, 4) is 0 Å². The van der Waals surface area contributed by atoms with E-state index in [-0.39, 0.29) is 11.3 Å². The van der Waals surface area contributed by atoms with Crippen molar-refractivity contribution in [2.75, 3.05) is 0 Å². The van der Waals surface area contributed by atoms with Gasteiger partial charge in [0.2, 0.25) is 0 Å². The molecule has 2 aromatic rings. The van der Waals surface area contributed by atoms with Crippen molar-refractivity contribution in [2.24, 2.45) is 5.41 Å². The second kappa shape index (κ2) is 7.08. The average Bonchev–Trinajstić information content (AvgIpc) is 2.51. The standard InChI is InChI=1S/C20H23NO/c1-20(2,3)14-13-16-9-11-18(12-10-16)19(22)21-15-17-7-5-4-6-8-17/h4-14H,15H2,1-3H3,(H,21,22). The summed E-state index contributed by atoms with van der Waals surface area (Å²) in [5.41, 5.74) is 3.05. The number of allylic oxidation sites excluding steroid dienone is 1. The van der Waals surface area contributed by atoms with Gasteiger partial charge in [-0.3, -0.25) is 4.79 Å². The first-order valence-corrected chi connectivity index (χ1v) is 7.55. The smallest absolute Gasteiger partial charge is 0.251 e. The summed E-state index contributed by atoms with van der Waals surface area (Å²) >= 11 is 0. The first kappa shape index (κ1) is 16.0. The lowest BCUT2D eigenvalue weighted by atomic mass is 9.95. The quantitative estimate of drug-likeness (QED) is 0.871. The summed E-state index contributed by atoms with van der Waals surface area (Å²) in [5, 5.41) is 2.93. The third kappa shape index (κ3) is 5.21. The lowest BCUT2D eigenvalue weighted by Gasteiger charge is -2.11. The molecule has 22 heavy (non-hydrogen) atoms. The molecule has 0 saturated heterocycles. The first-order valence-electron chi connectivity index (χ1n) is 7.55. The maximum atomic E-state index is 12.1. The fraction of sp³-hybridized carbons (Fsp3) is 0.250. The van der Waals surface area contributed by atoms with Crippen LogP contribution in [0.1, 0.15) is 42.3 Å². The molecule has 1 N–H and O–H groups in total. The van der Waals surface area contributed by atoms with Crippen LogP contribution in [-0.4, -0.2) is 5.91 Å². The normalized spacial score (nSPS) is 11.6. The van der Waals surface area contributed by atoms with Gasteiger partial charge < -0.3 is 5.32 Å². The molecule has 0 atom stereocenters. The number of amides is 1. The van der Waals surface area contributed by atoms with Gasteiger partial charge in [-0.2, -0.15) is 0 Å². The molecule has 0 saturated carbocycles. The molecule has 0 unspecified atom stereocenters. The molecule has 0 radical (unpaired) electrons. The maximum Gasteiger partial charge on any atom is 0.251 e. The highest BCUT2D eigenvalue weighted by Crippen LogP contribution is 2.17. The Morgan fingerprint density at radius 3 is 2.23 bits per heavy atom. The van der Waals surface area contributed by atoms with Crippen molar-refractivity contribution in [2.45, 2.75) is 27.3 Å². The van der Waals surface area contributed by atoms with Crippen LogP contribution in [0.15, 0.2) is 60.7 Å². The maximum absolute atomic E-state index is 12.1. The highest BCUT2D eigenvalue weighted by Gasteiger charge is 2.06. The third-order valence-corrected chi connectivity index (χ3v) is 3.24. The van der Waals surface area contributed by atoms with Crippen LogP contribution in [-0.2, 0) is 6.54 Å². The van der Waals surface area contributed by atoms with Crippen molar-refractivity contribution in [1.29, 1.82) is 0 Å². The summed E-state index contributed by atoms with van der Waals surface area (Å²) in [5.74, 6) is -0.0461.